The lowest BCUT2D eigenvalue weighted by molar-refractivity contribution is -0.153. The third kappa shape index (κ3) is 4.05. The van der Waals surface area contributed by atoms with E-state index in [0.29, 0.717) is 23.6 Å². The van der Waals surface area contributed by atoms with Gasteiger partial charge in [0.2, 0.25) is 6.79 Å². The highest BCUT2D eigenvalue weighted by atomic mass is 32.1. The largest absolute Gasteiger partial charge is 0.454 e. The molecule has 0 fully saturated rings. The highest BCUT2D eigenvalue weighted by Crippen LogP contribution is 2.34. The standard InChI is InChI=1S/C17H17NO5S/c1-11(23-16(19)7-5-13-3-2-8-24-13)17(20)18-12-4-6-14-15(9-12)22-10-21-14/h2-4,6,8-9,11H,5,7,10H2,1H3,(H,18,20)/t11-/m1/s1. The van der Waals surface area contributed by atoms with Crippen molar-refractivity contribution in [3.8, 4) is 11.5 Å². The van der Waals surface area contributed by atoms with E-state index < -0.39 is 18.0 Å². The van der Waals surface area contributed by atoms with Gasteiger partial charge in [-0.25, -0.2) is 0 Å². The van der Waals surface area contributed by atoms with E-state index in [1.807, 2.05) is 17.5 Å². The van der Waals surface area contributed by atoms with Gasteiger partial charge in [0.15, 0.2) is 17.6 Å². The number of esters is 1. The minimum atomic E-state index is -0.869. The Morgan fingerprint density at radius 1 is 1.29 bits per heavy atom. The minimum Gasteiger partial charge on any atom is -0.454 e. The Labute approximate surface area is 143 Å². The molecule has 0 bridgehead atoms. The van der Waals surface area contributed by atoms with E-state index in [4.69, 9.17) is 14.2 Å². The Morgan fingerprint density at radius 3 is 2.92 bits per heavy atom. The molecule has 1 aliphatic rings. The molecule has 0 aliphatic carbocycles. The van der Waals surface area contributed by atoms with Crippen LogP contribution in [0.15, 0.2) is 35.7 Å². The van der Waals surface area contributed by atoms with Crippen LogP contribution in [-0.4, -0.2) is 24.8 Å². The van der Waals surface area contributed by atoms with Crippen molar-refractivity contribution in [2.45, 2.75) is 25.9 Å². The van der Waals surface area contributed by atoms with Crippen LogP contribution in [0.4, 0.5) is 5.69 Å². The Morgan fingerprint density at radius 2 is 2.12 bits per heavy atom. The summed E-state index contributed by atoms with van der Waals surface area (Å²) >= 11 is 1.59. The molecule has 1 amide bonds. The minimum absolute atomic E-state index is 0.172. The maximum Gasteiger partial charge on any atom is 0.306 e. The lowest BCUT2D eigenvalue weighted by atomic mass is 10.2. The number of aryl methyl sites for hydroxylation is 1. The van der Waals surface area contributed by atoms with E-state index in [1.165, 1.54) is 0 Å². The first-order chi connectivity index (χ1) is 11.6. The lowest BCUT2D eigenvalue weighted by Gasteiger charge is -2.13. The first-order valence-electron chi connectivity index (χ1n) is 7.54. The number of hydrogen-bond donors (Lipinski definition) is 1. The number of ether oxygens (including phenoxy) is 3. The number of nitrogens with one attached hydrogen (secondary N) is 1. The number of anilines is 1. The molecule has 3 rings (SSSR count). The topological polar surface area (TPSA) is 73.9 Å². The summed E-state index contributed by atoms with van der Waals surface area (Å²) in [6.07, 6.45) is 0.000991. The van der Waals surface area contributed by atoms with Gasteiger partial charge in [0.1, 0.15) is 0 Å². The van der Waals surface area contributed by atoms with Crippen LogP contribution in [0.2, 0.25) is 0 Å². The number of hydrogen-bond acceptors (Lipinski definition) is 6. The monoisotopic (exact) mass is 347 g/mol. The number of carbonyl (C=O) groups excluding carboxylic acids is 2. The second kappa shape index (κ2) is 7.35. The molecule has 0 spiro atoms. The summed E-state index contributed by atoms with van der Waals surface area (Å²) in [5.41, 5.74) is 0.561. The number of carbonyl (C=O) groups is 2. The molecule has 126 valence electrons. The van der Waals surface area contributed by atoms with Crippen LogP contribution in [0.25, 0.3) is 0 Å². The van der Waals surface area contributed by atoms with Crippen LogP contribution < -0.4 is 14.8 Å². The van der Waals surface area contributed by atoms with E-state index in [0.717, 1.165) is 4.88 Å². The average Bonchev–Trinajstić information content (AvgIpc) is 3.23. The van der Waals surface area contributed by atoms with E-state index in [9.17, 15) is 9.59 Å². The predicted molar refractivity (Wildman–Crippen MR) is 89.4 cm³/mol. The molecule has 1 N–H and O–H groups in total. The van der Waals surface area contributed by atoms with Gasteiger partial charge in [-0.2, -0.15) is 0 Å². The van der Waals surface area contributed by atoms with Gasteiger partial charge in [-0.1, -0.05) is 6.07 Å². The van der Waals surface area contributed by atoms with Gasteiger partial charge in [0, 0.05) is 16.6 Å². The van der Waals surface area contributed by atoms with Crippen molar-refractivity contribution in [2.24, 2.45) is 0 Å². The van der Waals surface area contributed by atoms with Crippen LogP contribution >= 0.6 is 11.3 Å². The van der Waals surface area contributed by atoms with Gasteiger partial charge in [-0.15, -0.1) is 11.3 Å². The third-order valence-corrected chi connectivity index (χ3v) is 4.41. The highest BCUT2D eigenvalue weighted by Gasteiger charge is 2.19. The fourth-order valence-corrected chi connectivity index (χ4v) is 2.92. The maximum atomic E-state index is 12.1. The Kier molecular flexibility index (Phi) is 5.00. The molecule has 24 heavy (non-hydrogen) atoms. The zero-order valence-corrected chi connectivity index (χ0v) is 13.9. The van der Waals surface area contributed by atoms with E-state index in [2.05, 4.69) is 5.32 Å². The van der Waals surface area contributed by atoms with Gasteiger partial charge < -0.3 is 19.5 Å². The lowest BCUT2D eigenvalue weighted by Crippen LogP contribution is -2.30. The molecule has 0 saturated carbocycles. The fraction of sp³-hybridized carbons (Fsp3) is 0.294. The summed E-state index contributed by atoms with van der Waals surface area (Å²) in [6.45, 7) is 1.72. The van der Waals surface area contributed by atoms with Crippen LogP contribution in [0, 0.1) is 0 Å². The molecule has 2 aromatic rings. The van der Waals surface area contributed by atoms with Gasteiger partial charge in [0.25, 0.3) is 5.91 Å². The maximum absolute atomic E-state index is 12.1. The molecule has 1 aromatic carbocycles. The fourth-order valence-electron chi connectivity index (χ4n) is 2.21. The third-order valence-electron chi connectivity index (χ3n) is 3.47. The summed E-state index contributed by atoms with van der Waals surface area (Å²) in [5.74, 6) is 0.435. The Hall–Kier alpha value is -2.54. The summed E-state index contributed by atoms with van der Waals surface area (Å²) in [6, 6.07) is 9.00. The number of amides is 1. The van der Waals surface area contributed by atoms with Crippen LogP contribution in [0.1, 0.15) is 18.2 Å². The zero-order chi connectivity index (χ0) is 16.9. The molecule has 6 nitrogen and oxygen atoms in total. The molecule has 2 heterocycles. The number of fused-ring (bicyclic) bond motifs is 1. The second-order valence-corrected chi connectivity index (χ2v) is 6.30. The van der Waals surface area contributed by atoms with Crippen molar-refractivity contribution in [2.75, 3.05) is 12.1 Å². The summed E-state index contributed by atoms with van der Waals surface area (Å²) in [7, 11) is 0. The van der Waals surface area contributed by atoms with Crippen LogP contribution in [-0.2, 0) is 20.7 Å². The van der Waals surface area contributed by atoms with Gasteiger partial charge in [0.05, 0.1) is 6.42 Å². The molecule has 1 atom stereocenters. The Balaban J connectivity index is 1.48. The summed E-state index contributed by atoms with van der Waals surface area (Å²) < 4.78 is 15.6. The smallest absolute Gasteiger partial charge is 0.306 e. The quantitative estimate of drug-likeness (QED) is 0.813. The van der Waals surface area contributed by atoms with Gasteiger partial charge in [-0.3, -0.25) is 9.59 Å². The van der Waals surface area contributed by atoms with Crippen molar-refractivity contribution in [1.29, 1.82) is 0 Å². The molecule has 0 unspecified atom stereocenters. The first-order valence-corrected chi connectivity index (χ1v) is 8.42. The number of rotatable bonds is 6. The van der Waals surface area contributed by atoms with Gasteiger partial charge >= 0.3 is 5.97 Å². The Bertz CT molecular complexity index is 729. The average molecular weight is 347 g/mol. The van der Waals surface area contributed by atoms with Crippen molar-refractivity contribution in [1.82, 2.24) is 0 Å². The zero-order valence-electron chi connectivity index (χ0n) is 13.1. The van der Waals surface area contributed by atoms with Crippen molar-refractivity contribution >= 4 is 28.9 Å². The first kappa shape index (κ1) is 16.3. The number of thiophene rings is 1. The number of benzene rings is 1. The van der Waals surface area contributed by atoms with E-state index in [-0.39, 0.29) is 13.2 Å². The SMILES string of the molecule is C[C@@H](OC(=O)CCc1cccs1)C(=O)Nc1ccc2c(c1)OCO2. The summed E-state index contributed by atoms with van der Waals surface area (Å²) in [5, 5.41) is 4.66. The van der Waals surface area contributed by atoms with Crippen molar-refractivity contribution in [3.05, 3.63) is 40.6 Å². The van der Waals surface area contributed by atoms with E-state index in [1.54, 1.807) is 36.5 Å². The molecular formula is C17H17NO5S. The normalized spacial score (nSPS) is 13.4. The van der Waals surface area contributed by atoms with Gasteiger partial charge in [-0.05, 0) is 36.9 Å². The van der Waals surface area contributed by atoms with Crippen molar-refractivity contribution < 1.29 is 23.8 Å². The van der Waals surface area contributed by atoms with Crippen molar-refractivity contribution in [3.63, 3.8) is 0 Å². The second-order valence-electron chi connectivity index (χ2n) is 5.27. The molecule has 1 aromatic heterocycles. The van der Waals surface area contributed by atoms with Crippen LogP contribution in [0.5, 0.6) is 11.5 Å². The predicted octanol–water partition coefficient (Wildman–Crippen LogP) is 2.98. The molecule has 0 radical (unpaired) electrons. The highest BCUT2D eigenvalue weighted by molar-refractivity contribution is 7.09. The van der Waals surface area contributed by atoms with E-state index >= 15 is 0 Å². The van der Waals surface area contributed by atoms with Crippen LogP contribution in [0.3, 0.4) is 0 Å². The molecular weight excluding hydrogens is 330 g/mol. The molecule has 7 heteroatoms. The molecule has 0 saturated heterocycles. The molecule has 1 aliphatic heterocycles. The summed E-state index contributed by atoms with van der Waals surface area (Å²) in [4.78, 5) is 25.1.